The van der Waals surface area contributed by atoms with E-state index in [1.54, 1.807) is 31.3 Å². The van der Waals surface area contributed by atoms with Crippen LogP contribution in [0.3, 0.4) is 0 Å². The van der Waals surface area contributed by atoms with E-state index in [9.17, 15) is 9.18 Å². The van der Waals surface area contributed by atoms with Crippen LogP contribution in [0, 0.1) is 0 Å². The third kappa shape index (κ3) is 3.17. The van der Waals surface area contributed by atoms with Gasteiger partial charge < -0.3 is 5.32 Å². The van der Waals surface area contributed by atoms with Gasteiger partial charge >= 0.3 is 0 Å². The molecule has 1 aromatic carbocycles. The molecule has 3 heteroatoms. The summed E-state index contributed by atoms with van der Waals surface area (Å²) in [5.74, 6) is -0.122. The van der Waals surface area contributed by atoms with Crippen LogP contribution in [0.2, 0.25) is 0 Å². The van der Waals surface area contributed by atoms with Gasteiger partial charge in [-0.1, -0.05) is 30.3 Å². The van der Waals surface area contributed by atoms with Gasteiger partial charge in [-0.25, -0.2) is 4.39 Å². The molecule has 0 fully saturated rings. The molecule has 1 rings (SSSR count). The maximum Gasteiger partial charge on any atom is 0.219 e. The molecule has 76 valence electrons. The number of rotatable bonds is 4. The van der Waals surface area contributed by atoms with Crippen LogP contribution >= 0.6 is 0 Å². The third-order valence-corrected chi connectivity index (χ3v) is 2.06. The second kappa shape index (κ2) is 5.37. The highest BCUT2D eigenvalue weighted by Gasteiger charge is 2.10. The topological polar surface area (TPSA) is 29.1 Å². The average Bonchev–Trinajstić information content (AvgIpc) is 2.26. The lowest BCUT2D eigenvalue weighted by Crippen LogP contribution is -2.17. The van der Waals surface area contributed by atoms with E-state index >= 15 is 0 Å². The molecule has 0 heterocycles. The predicted octanol–water partition coefficient (Wildman–Crippen LogP) is 2.22. The van der Waals surface area contributed by atoms with Crippen molar-refractivity contribution in [3.8, 4) is 0 Å². The van der Waals surface area contributed by atoms with Crippen LogP contribution in [0.1, 0.15) is 24.6 Å². The molecule has 1 atom stereocenters. The summed E-state index contributed by atoms with van der Waals surface area (Å²) < 4.78 is 13.5. The molecular formula is C11H14FNO. The van der Waals surface area contributed by atoms with Gasteiger partial charge in [0.1, 0.15) is 6.17 Å². The van der Waals surface area contributed by atoms with E-state index in [1.165, 1.54) is 0 Å². The lowest BCUT2D eigenvalue weighted by molar-refractivity contribution is -0.120. The van der Waals surface area contributed by atoms with E-state index in [-0.39, 0.29) is 18.7 Å². The highest BCUT2D eigenvalue weighted by atomic mass is 19.1. The molecule has 14 heavy (non-hydrogen) atoms. The van der Waals surface area contributed by atoms with Crippen molar-refractivity contribution in [3.05, 3.63) is 35.9 Å². The lowest BCUT2D eigenvalue weighted by atomic mass is 10.1. The number of carbonyl (C=O) groups is 1. The molecule has 0 spiro atoms. The fraction of sp³-hybridized carbons (Fsp3) is 0.364. The van der Waals surface area contributed by atoms with Crippen molar-refractivity contribution >= 4 is 5.91 Å². The predicted molar refractivity (Wildman–Crippen MR) is 53.6 cm³/mol. The highest BCUT2D eigenvalue weighted by Crippen LogP contribution is 2.21. The van der Waals surface area contributed by atoms with Gasteiger partial charge in [-0.2, -0.15) is 0 Å². The van der Waals surface area contributed by atoms with Crippen LogP contribution in [-0.4, -0.2) is 13.0 Å². The molecule has 0 saturated carbocycles. The Morgan fingerprint density at radius 2 is 2.07 bits per heavy atom. The smallest absolute Gasteiger partial charge is 0.219 e. The largest absolute Gasteiger partial charge is 0.359 e. The summed E-state index contributed by atoms with van der Waals surface area (Å²) >= 11 is 0. The fourth-order valence-electron chi connectivity index (χ4n) is 1.21. The van der Waals surface area contributed by atoms with Gasteiger partial charge in [-0.3, -0.25) is 4.79 Å². The summed E-state index contributed by atoms with van der Waals surface area (Å²) in [6.07, 6.45) is -0.579. The maximum absolute atomic E-state index is 13.5. The lowest BCUT2D eigenvalue weighted by Gasteiger charge is -2.07. The van der Waals surface area contributed by atoms with E-state index in [0.29, 0.717) is 5.56 Å². The van der Waals surface area contributed by atoms with E-state index in [0.717, 1.165) is 0 Å². The highest BCUT2D eigenvalue weighted by molar-refractivity contribution is 5.75. The van der Waals surface area contributed by atoms with Crippen LogP contribution in [-0.2, 0) is 4.79 Å². The van der Waals surface area contributed by atoms with E-state index < -0.39 is 6.17 Å². The molecular weight excluding hydrogens is 181 g/mol. The van der Waals surface area contributed by atoms with Crippen molar-refractivity contribution in [2.75, 3.05) is 7.05 Å². The van der Waals surface area contributed by atoms with Crippen molar-refractivity contribution < 1.29 is 9.18 Å². The Morgan fingerprint density at radius 1 is 1.43 bits per heavy atom. The Morgan fingerprint density at radius 3 is 2.64 bits per heavy atom. The quantitative estimate of drug-likeness (QED) is 0.784. The standard InChI is InChI=1S/C11H14FNO/c1-13-11(14)8-7-10(12)9-5-3-2-4-6-9/h2-6,10H,7-8H2,1H3,(H,13,14). The summed E-state index contributed by atoms with van der Waals surface area (Å²) in [7, 11) is 1.55. The minimum Gasteiger partial charge on any atom is -0.359 e. The molecule has 1 aromatic rings. The molecule has 1 unspecified atom stereocenters. The van der Waals surface area contributed by atoms with Crippen LogP contribution in [0.5, 0.6) is 0 Å². The second-order valence-electron chi connectivity index (χ2n) is 3.09. The number of hydrogen-bond acceptors (Lipinski definition) is 1. The minimum atomic E-state index is -1.05. The first-order chi connectivity index (χ1) is 6.74. The minimum absolute atomic E-state index is 0.122. The third-order valence-electron chi connectivity index (χ3n) is 2.06. The van der Waals surface area contributed by atoms with Gasteiger partial charge in [0, 0.05) is 13.5 Å². The normalized spacial score (nSPS) is 12.1. The Kier molecular flexibility index (Phi) is 4.11. The molecule has 2 nitrogen and oxygen atoms in total. The van der Waals surface area contributed by atoms with Gasteiger partial charge in [-0.15, -0.1) is 0 Å². The zero-order valence-electron chi connectivity index (χ0n) is 8.16. The van der Waals surface area contributed by atoms with Gasteiger partial charge in [0.05, 0.1) is 0 Å². The molecule has 0 aliphatic carbocycles. The van der Waals surface area contributed by atoms with E-state index in [4.69, 9.17) is 0 Å². The van der Waals surface area contributed by atoms with Crippen molar-refractivity contribution in [1.82, 2.24) is 5.32 Å². The summed E-state index contributed by atoms with van der Waals surface area (Å²) in [5.41, 5.74) is 0.636. The zero-order valence-corrected chi connectivity index (χ0v) is 8.16. The first-order valence-electron chi connectivity index (χ1n) is 4.63. The van der Waals surface area contributed by atoms with Gasteiger partial charge in [0.2, 0.25) is 5.91 Å². The summed E-state index contributed by atoms with van der Waals surface area (Å²) in [5, 5.41) is 2.47. The number of amides is 1. The van der Waals surface area contributed by atoms with E-state index in [1.807, 2.05) is 6.07 Å². The molecule has 1 amide bonds. The average molecular weight is 195 g/mol. The van der Waals surface area contributed by atoms with Gasteiger partial charge in [-0.05, 0) is 12.0 Å². The first-order valence-corrected chi connectivity index (χ1v) is 4.63. The number of halogens is 1. The van der Waals surface area contributed by atoms with Gasteiger partial charge in [0.15, 0.2) is 0 Å². The Balaban J connectivity index is 2.43. The SMILES string of the molecule is CNC(=O)CCC(F)c1ccccc1. The van der Waals surface area contributed by atoms with Crippen LogP contribution in [0.4, 0.5) is 4.39 Å². The molecule has 0 aliphatic heterocycles. The monoisotopic (exact) mass is 195 g/mol. The van der Waals surface area contributed by atoms with Crippen molar-refractivity contribution in [2.45, 2.75) is 19.0 Å². The maximum atomic E-state index is 13.5. The zero-order chi connectivity index (χ0) is 10.4. The molecule has 0 radical (unpaired) electrons. The van der Waals surface area contributed by atoms with Gasteiger partial charge in [0.25, 0.3) is 0 Å². The Hall–Kier alpha value is -1.38. The first kappa shape index (κ1) is 10.7. The summed E-state index contributed by atoms with van der Waals surface area (Å²) in [6, 6.07) is 8.89. The number of benzene rings is 1. The molecule has 0 saturated heterocycles. The summed E-state index contributed by atoms with van der Waals surface area (Å²) in [6.45, 7) is 0. The Labute approximate surface area is 83.1 Å². The molecule has 0 aliphatic rings. The van der Waals surface area contributed by atoms with Crippen molar-refractivity contribution in [1.29, 1.82) is 0 Å². The Bertz CT molecular complexity index is 287. The van der Waals surface area contributed by atoms with Crippen LogP contribution in [0.25, 0.3) is 0 Å². The number of carbonyl (C=O) groups excluding carboxylic acids is 1. The second-order valence-corrected chi connectivity index (χ2v) is 3.09. The van der Waals surface area contributed by atoms with E-state index in [2.05, 4.69) is 5.32 Å². The van der Waals surface area contributed by atoms with Crippen LogP contribution in [0.15, 0.2) is 30.3 Å². The molecule has 1 N–H and O–H groups in total. The summed E-state index contributed by atoms with van der Waals surface area (Å²) in [4.78, 5) is 10.9. The van der Waals surface area contributed by atoms with Crippen molar-refractivity contribution in [3.63, 3.8) is 0 Å². The van der Waals surface area contributed by atoms with Crippen molar-refractivity contribution in [2.24, 2.45) is 0 Å². The number of alkyl halides is 1. The number of nitrogens with one attached hydrogen (secondary N) is 1. The van der Waals surface area contributed by atoms with Crippen LogP contribution < -0.4 is 5.32 Å². The number of hydrogen-bond donors (Lipinski definition) is 1. The molecule has 0 aromatic heterocycles. The fourth-order valence-corrected chi connectivity index (χ4v) is 1.21. The molecule has 0 bridgehead atoms.